The molecule has 0 unspecified atom stereocenters. The van der Waals surface area contributed by atoms with E-state index >= 15 is 0 Å². The first-order valence-electron chi connectivity index (χ1n) is 4.87. The van der Waals surface area contributed by atoms with Gasteiger partial charge >= 0.3 is 0 Å². The molecule has 0 aromatic heterocycles. The molecule has 1 saturated carbocycles. The molecule has 74 valence electrons. The topological polar surface area (TPSA) is 64.9 Å². The molecule has 0 radical (unpaired) electrons. The summed E-state index contributed by atoms with van der Waals surface area (Å²) >= 11 is 0. The summed E-state index contributed by atoms with van der Waals surface area (Å²) < 4.78 is 0. The number of amides is 1. The number of hydrogen-bond acceptors (Lipinski definition) is 3. The van der Waals surface area contributed by atoms with Gasteiger partial charge in [0, 0.05) is 0 Å². The van der Waals surface area contributed by atoms with E-state index in [0.717, 1.165) is 24.2 Å². The molecule has 0 atom stereocenters. The van der Waals surface area contributed by atoms with Gasteiger partial charge in [0.2, 0.25) is 5.91 Å². The summed E-state index contributed by atoms with van der Waals surface area (Å²) in [4.78, 5) is 11.7. The van der Waals surface area contributed by atoms with Crippen molar-refractivity contribution in [1.82, 2.24) is 0 Å². The molecule has 3 rings (SSSR count). The minimum Gasteiger partial charge on any atom is -0.369 e. The monoisotopic (exact) mass is 199 g/mol. The van der Waals surface area contributed by atoms with Gasteiger partial charge in [-0.05, 0) is 31.0 Å². The van der Waals surface area contributed by atoms with Crippen molar-refractivity contribution < 1.29 is 4.79 Å². The van der Waals surface area contributed by atoms with Crippen LogP contribution in [0.25, 0.3) is 0 Å². The third-order valence-corrected chi connectivity index (χ3v) is 2.96. The summed E-state index contributed by atoms with van der Waals surface area (Å²) in [6.07, 6.45) is 1.74. The highest BCUT2D eigenvalue weighted by Crippen LogP contribution is 2.44. The molecule has 1 aliphatic carbocycles. The molecule has 0 bridgehead atoms. The highest BCUT2D eigenvalue weighted by atomic mass is 16.2. The van der Waals surface area contributed by atoms with Crippen molar-refractivity contribution in [1.29, 1.82) is 5.26 Å². The quantitative estimate of drug-likeness (QED) is 0.664. The Bertz CT molecular complexity index is 497. The number of hydrogen-bond donors (Lipinski definition) is 2. The maximum absolute atomic E-state index is 11.7. The first-order chi connectivity index (χ1) is 7.23. The zero-order valence-electron chi connectivity index (χ0n) is 8.00. The zero-order chi connectivity index (χ0) is 10.5. The molecule has 1 aromatic rings. The number of nitrogens with zero attached hydrogens (tertiary/aromatic N) is 1. The molecule has 1 fully saturated rings. The van der Waals surface area contributed by atoms with Crippen LogP contribution in [0, 0.1) is 11.3 Å². The number of anilines is 2. The molecule has 4 heteroatoms. The molecule has 1 heterocycles. The van der Waals surface area contributed by atoms with E-state index in [1.165, 1.54) is 0 Å². The van der Waals surface area contributed by atoms with Gasteiger partial charge in [-0.3, -0.25) is 4.79 Å². The maximum Gasteiger partial charge on any atom is 0.250 e. The van der Waals surface area contributed by atoms with Crippen LogP contribution >= 0.6 is 0 Å². The third-order valence-electron chi connectivity index (χ3n) is 2.96. The number of nitriles is 1. The Morgan fingerprint density at radius 1 is 1.33 bits per heavy atom. The number of carbonyl (C=O) groups excluding carboxylic acids is 1. The van der Waals surface area contributed by atoms with Gasteiger partial charge in [-0.1, -0.05) is 0 Å². The molecule has 1 amide bonds. The highest BCUT2D eigenvalue weighted by molar-refractivity contribution is 6.08. The van der Waals surface area contributed by atoms with Gasteiger partial charge in [0.05, 0.1) is 23.0 Å². The summed E-state index contributed by atoms with van der Waals surface area (Å²) in [6.45, 7) is 0. The predicted octanol–water partition coefficient (Wildman–Crippen LogP) is 1.45. The predicted molar refractivity (Wildman–Crippen MR) is 55.4 cm³/mol. The van der Waals surface area contributed by atoms with Crippen LogP contribution in [-0.2, 0) is 4.79 Å². The van der Waals surface area contributed by atoms with E-state index in [-0.39, 0.29) is 11.4 Å². The lowest BCUT2D eigenvalue weighted by Gasteiger charge is -2.26. The Morgan fingerprint density at radius 3 is 2.80 bits per heavy atom. The van der Waals surface area contributed by atoms with Gasteiger partial charge in [0.1, 0.15) is 5.54 Å². The smallest absolute Gasteiger partial charge is 0.250 e. The number of benzene rings is 1. The van der Waals surface area contributed by atoms with E-state index in [9.17, 15) is 4.79 Å². The van der Waals surface area contributed by atoms with Crippen LogP contribution < -0.4 is 10.6 Å². The Kier molecular flexibility index (Phi) is 1.39. The average Bonchev–Trinajstić information content (AvgIpc) is 3.00. The lowest BCUT2D eigenvalue weighted by Crippen LogP contribution is -2.40. The van der Waals surface area contributed by atoms with Crippen LogP contribution in [0.2, 0.25) is 0 Å². The van der Waals surface area contributed by atoms with E-state index < -0.39 is 0 Å². The minimum atomic E-state index is -0.388. The minimum absolute atomic E-state index is 0.0414. The van der Waals surface area contributed by atoms with E-state index in [1.54, 1.807) is 18.2 Å². The van der Waals surface area contributed by atoms with Crippen molar-refractivity contribution in [2.24, 2.45) is 0 Å². The van der Waals surface area contributed by atoms with Gasteiger partial charge in [0.25, 0.3) is 0 Å². The summed E-state index contributed by atoms with van der Waals surface area (Å²) in [7, 11) is 0. The normalized spacial score (nSPS) is 19.8. The fraction of sp³-hybridized carbons (Fsp3) is 0.273. The molecule has 1 aromatic carbocycles. The fourth-order valence-corrected chi connectivity index (χ4v) is 1.86. The van der Waals surface area contributed by atoms with Crippen LogP contribution in [0.4, 0.5) is 11.4 Å². The van der Waals surface area contributed by atoms with Crippen LogP contribution in [0.1, 0.15) is 18.4 Å². The number of fused-ring (bicyclic) bond motifs is 1. The molecule has 2 N–H and O–H groups in total. The molecule has 1 spiro atoms. The molecule has 15 heavy (non-hydrogen) atoms. The lowest BCUT2D eigenvalue weighted by atomic mass is 10.1. The van der Waals surface area contributed by atoms with Gasteiger partial charge in [-0.25, -0.2) is 0 Å². The summed E-state index contributed by atoms with van der Waals surface area (Å²) in [5.74, 6) is 0.0414. The van der Waals surface area contributed by atoms with Crippen LogP contribution in [0.5, 0.6) is 0 Å². The third kappa shape index (κ3) is 1.10. The van der Waals surface area contributed by atoms with Gasteiger partial charge in [-0.2, -0.15) is 5.26 Å². The van der Waals surface area contributed by atoms with Crippen molar-refractivity contribution >= 4 is 17.3 Å². The van der Waals surface area contributed by atoms with Crippen molar-refractivity contribution in [2.75, 3.05) is 10.6 Å². The molecule has 2 aliphatic rings. The SMILES string of the molecule is N#Cc1ccc2c(c1)NC1(CC1)C(=O)N2. The molecular formula is C11H9N3O. The highest BCUT2D eigenvalue weighted by Gasteiger charge is 2.52. The summed E-state index contributed by atoms with van der Waals surface area (Å²) in [5.41, 5.74) is 1.83. The number of carbonyl (C=O) groups is 1. The van der Waals surface area contributed by atoms with Crippen molar-refractivity contribution in [3.63, 3.8) is 0 Å². The van der Waals surface area contributed by atoms with Gasteiger partial charge in [-0.15, -0.1) is 0 Å². The van der Waals surface area contributed by atoms with Crippen molar-refractivity contribution in [2.45, 2.75) is 18.4 Å². The fourth-order valence-electron chi connectivity index (χ4n) is 1.86. The van der Waals surface area contributed by atoms with Crippen molar-refractivity contribution in [3.05, 3.63) is 23.8 Å². The van der Waals surface area contributed by atoms with E-state index in [1.807, 2.05) is 0 Å². The number of rotatable bonds is 0. The Balaban J connectivity index is 2.07. The maximum atomic E-state index is 11.7. The molecule has 4 nitrogen and oxygen atoms in total. The Labute approximate surface area is 86.9 Å². The Morgan fingerprint density at radius 2 is 2.13 bits per heavy atom. The van der Waals surface area contributed by atoms with Crippen LogP contribution in [-0.4, -0.2) is 11.4 Å². The van der Waals surface area contributed by atoms with Crippen LogP contribution in [0.3, 0.4) is 0 Å². The first kappa shape index (κ1) is 8.30. The van der Waals surface area contributed by atoms with Crippen LogP contribution in [0.15, 0.2) is 18.2 Å². The second-order valence-corrected chi connectivity index (χ2v) is 4.03. The summed E-state index contributed by atoms with van der Waals surface area (Å²) in [6, 6.07) is 7.31. The summed E-state index contributed by atoms with van der Waals surface area (Å²) in [5, 5.41) is 14.8. The molecule has 0 saturated heterocycles. The molecular weight excluding hydrogens is 190 g/mol. The van der Waals surface area contributed by atoms with E-state index in [0.29, 0.717) is 5.56 Å². The molecule has 1 aliphatic heterocycles. The second-order valence-electron chi connectivity index (χ2n) is 4.03. The second kappa shape index (κ2) is 2.51. The lowest BCUT2D eigenvalue weighted by molar-refractivity contribution is -0.117. The Hall–Kier alpha value is -2.02. The standard InChI is InChI=1S/C11H9N3O/c12-6-7-1-2-8-9(5-7)14-11(3-4-11)10(15)13-8/h1-2,5,14H,3-4H2,(H,13,15). The van der Waals surface area contributed by atoms with Crippen molar-refractivity contribution in [3.8, 4) is 6.07 Å². The van der Waals surface area contributed by atoms with E-state index in [2.05, 4.69) is 16.7 Å². The first-order valence-corrected chi connectivity index (χ1v) is 4.87. The average molecular weight is 199 g/mol. The van der Waals surface area contributed by atoms with E-state index in [4.69, 9.17) is 5.26 Å². The zero-order valence-corrected chi connectivity index (χ0v) is 8.00. The van der Waals surface area contributed by atoms with Gasteiger partial charge in [0.15, 0.2) is 0 Å². The van der Waals surface area contributed by atoms with Gasteiger partial charge < -0.3 is 10.6 Å². The largest absolute Gasteiger partial charge is 0.369 e. The number of nitrogens with one attached hydrogen (secondary N) is 2.